The van der Waals surface area contributed by atoms with Crippen molar-refractivity contribution in [2.75, 3.05) is 6.54 Å². The molecule has 7 heteroatoms. The Labute approximate surface area is 118 Å². The maximum Gasteiger partial charge on any atom is 0.138 e. The number of hydrogen-bond acceptors (Lipinski definition) is 5. The number of nitrogens with zero attached hydrogens (tertiary/aromatic N) is 2. The molecule has 2 rings (SSSR count). The SMILES string of the molecule is Cc1cc(CCNCc2ncc(Br)s2)on1.Cl. The Kier molecular flexibility index (Phi) is 6.11. The normalized spacial score (nSPS) is 10.2. The van der Waals surface area contributed by atoms with Crippen LogP contribution in [-0.2, 0) is 13.0 Å². The van der Waals surface area contributed by atoms with Crippen molar-refractivity contribution in [2.24, 2.45) is 0 Å². The molecule has 0 saturated heterocycles. The number of hydrogen-bond donors (Lipinski definition) is 1. The minimum absolute atomic E-state index is 0. The first-order chi connectivity index (χ1) is 7.74. The highest BCUT2D eigenvalue weighted by atomic mass is 79.9. The van der Waals surface area contributed by atoms with E-state index in [1.165, 1.54) is 0 Å². The van der Waals surface area contributed by atoms with Crippen LogP contribution in [0.1, 0.15) is 16.5 Å². The Bertz CT molecular complexity index is 418. The monoisotopic (exact) mass is 337 g/mol. The zero-order valence-electron chi connectivity index (χ0n) is 9.27. The van der Waals surface area contributed by atoms with E-state index >= 15 is 0 Å². The molecule has 0 bridgehead atoms. The Morgan fingerprint density at radius 2 is 2.35 bits per heavy atom. The quantitative estimate of drug-likeness (QED) is 0.852. The summed E-state index contributed by atoms with van der Waals surface area (Å²) in [7, 11) is 0. The molecule has 2 aromatic heterocycles. The lowest BCUT2D eigenvalue weighted by atomic mass is 10.3. The van der Waals surface area contributed by atoms with Crippen molar-refractivity contribution in [2.45, 2.75) is 19.9 Å². The van der Waals surface area contributed by atoms with Gasteiger partial charge in [0.15, 0.2) is 0 Å². The highest BCUT2D eigenvalue weighted by molar-refractivity contribution is 9.11. The van der Waals surface area contributed by atoms with Crippen molar-refractivity contribution in [3.8, 4) is 0 Å². The molecule has 2 heterocycles. The molecule has 0 amide bonds. The van der Waals surface area contributed by atoms with E-state index in [1.54, 1.807) is 11.3 Å². The molecule has 17 heavy (non-hydrogen) atoms. The third-order valence-corrected chi connectivity index (χ3v) is 3.50. The summed E-state index contributed by atoms with van der Waals surface area (Å²) in [5.74, 6) is 0.922. The van der Waals surface area contributed by atoms with Gasteiger partial charge in [-0.2, -0.15) is 0 Å². The summed E-state index contributed by atoms with van der Waals surface area (Å²) in [6, 6.07) is 1.96. The third-order valence-electron chi connectivity index (χ3n) is 2.03. The standard InChI is InChI=1S/C10H12BrN3OS.ClH/c1-7-4-8(15-14-7)2-3-12-6-10-13-5-9(11)16-10;/h4-5,12H,2-3,6H2,1H3;1H. The zero-order chi connectivity index (χ0) is 11.4. The van der Waals surface area contributed by atoms with Crippen LogP contribution < -0.4 is 5.32 Å². The van der Waals surface area contributed by atoms with Gasteiger partial charge < -0.3 is 9.84 Å². The highest BCUT2D eigenvalue weighted by Gasteiger charge is 2.01. The predicted octanol–water partition coefficient (Wildman–Crippen LogP) is 2.96. The van der Waals surface area contributed by atoms with E-state index in [2.05, 4.69) is 31.4 Å². The molecule has 0 spiro atoms. The van der Waals surface area contributed by atoms with Crippen molar-refractivity contribution in [3.05, 3.63) is 32.5 Å². The molecule has 0 radical (unpaired) electrons. The van der Waals surface area contributed by atoms with Gasteiger partial charge in [0, 0.05) is 25.6 Å². The molecule has 0 aromatic carbocycles. The molecule has 94 valence electrons. The smallest absolute Gasteiger partial charge is 0.138 e. The molecule has 1 N–H and O–H groups in total. The van der Waals surface area contributed by atoms with E-state index in [-0.39, 0.29) is 12.4 Å². The van der Waals surface area contributed by atoms with Gasteiger partial charge in [-0.05, 0) is 22.9 Å². The lowest BCUT2D eigenvalue weighted by Gasteiger charge is -1.99. The molecule has 0 saturated carbocycles. The van der Waals surface area contributed by atoms with Crippen molar-refractivity contribution >= 4 is 39.7 Å². The Hall–Kier alpha value is -0.430. The molecule has 0 unspecified atom stereocenters. The van der Waals surface area contributed by atoms with E-state index < -0.39 is 0 Å². The van der Waals surface area contributed by atoms with E-state index in [0.717, 1.165) is 39.8 Å². The molecule has 0 aliphatic carbocycles. The first-order valence-electron chi connectivity index (χ1n) is 4.97. The van der Waals surface area contributed by atoms with E-state index in [0.29, 0.717) is 0 Å². The van der Waals surface area contributed by atoms with Crippen LogP contribution in [0.3, 0.4) is 0 Å². The minimum Gasteiger partial charge on any atom is -0.361 e. The van der Waals surface area contributed by atoms with Gasteiger partial charge in [-0.1, -0.05) is 5.16 Å². The van der Waals surface area contributed by atoms with E-state index in [9.17, 15) is 0 Å². The topological polar surface area (TPSA) is 51.0 Å². The number of nitrogens with one attached hydrogen (secondary N) is 1. The Morgan fingerprint density at radius 1 is 1.53 bits per heavy atom. The third kappa shape index (κ3) is 4.75. The molecule has 0 atom stereocenters. The van der Waals surface area contributed by atoms with Crippen LogP contribution in [-0.4, -0.2) is 16.7 Å². The highest BCUT2D eigenvalue weighted by Crippen LogP contribution is 2.18. The second-order valence-corrected chi connectivity index (χ2v) is 5.91. The zero-order valence-corrected chi connectivity index (χ0v) is 12.5. The summed E-state index contributed by atoms with van der Waals surface area (Å²) >= 11 is 5.03. The summed E-state index contributed by atoms with van der Waals surface area (Å²) in [5.41, 5.74) is 0.929. The van der Waals surface area contributed by atoms with Gasteiger partial charge in [0.25, 0.3) is 0 Å². The summed E-state index contributed by atoms with van der Waals surface area (Å²) in [6.07, 6.45) is 2.68. The maximum atomic E-state index is 5.11. The van der Waals surface area contributed by atoms with Gasteiger partial charge >= 0.3 is 0 Å². The van der Waals surface area contributed by atoms with Crippen molar-refractivity contribution < 1.29 is 4.52 Å². The number of aromatic nitrogens is 2. The summed E-state index contributed by atoms with van der Waals surface area (Å²) in [4.78, 5) is 4.24. The number of rotatable bonds is 5. The molecule has 0 aliphatic rings. The van der Waals surface area contributed by atoms with Gasteiger partial charge in [-0.25, -0.2) is 4.98 Å². The average Bonchev–Trinajstić information content (AvgIpc) is 2.83. The van der Waals surface area contributed by atoms with E-state index in [1.807, 2.05) is 19.2 Å². The fourth-order valence-corrected chi connectivity index (χ4v) is 2.58. The van der Waals surface area contributed by atoms with Gasteiger partial charge in [-0.15, -0.1) is 23.7 Å². The van der Waals surface area contributed by atoms with Crippen molar-refractivity contribution in [3.63, 3.8) is 0 Å². The predicted molar refractivity (Wildman–Crippen MR) is 73.7 cm³/mol. The number of halogens is 2. The van der Waals surface area contributed by atoms with Gasteiger partial charge in [0.05, 0.1) is 15.7 Å². The molecule has 0 aliphatic heterocycles. The van der Waals surface area contributed by atoms with Crippen LogP contribution in [0.5, 0.6) is 0 Å². The average molecular weight is 339 g/mol. The lowest BCUT2D eigenvalue weighted by molar-refractivity contribution is 0.377. The van der Waals surface area contributed by atoms with Crippen LogP contribution in [0, 0.1) is 6.92 Å². The Balaban J connectivity index is 0.00000144. The van der Waals surface area contributed by atoms with Crippen LogP contribution in [0.2, 0.25) is 0 Å². The fraction of sp³-hybridized carbons (Fsp3) is 0.400. The summed E-state index contributed by atoms with van der Waals surface area (Å²) in [5, 5.41) is 8.23. The fourth-order valence-electron chi connectivity index (χ4n) is 1.31. The number of thiazole rings is 1. The molecule has 2 aromatic rings. The van der Waals surface area contributed by atoms with Crippen LogP contribution >= 0.6 is 39.7 Å². The van der Waals surface area contributed by atoms with Gasteiger partial charge in [-0.3, -0.25) is 0 Å². The molecular formula is C10H13BrClN3OS. The first kappa shape index (κ1) is 14.6. The van der Waals surface area contributed by atoms with Crippen LogP contribution in [0.4, 0.5) is 0 Å². The molecular weight excluding hydrogens is 326 g/mol. The first-order valence-corrected chi connectivity index (χ1v) is 6.58. The molecule has 0 fully saturated rings. The minimum atomic E-state index is 0. The van der Waals surface area contributed by atoms with Crippen molar-refractivity contribution in [1.82, 2.24) is 15.5 Å². The maximum absolute atomic E-state index is 5.11. The Morgan fingerprint density at radius 3 is 2.94 bits per heavy atom. The van der Waals surface area contributed by atoms with Crippen molar-refractivity contribution in [1.29, 1.82) is 0 Å². The summed E-state index contributed by atoms with van der Waals surface area (Å²) < 4.78 is 6.18. The second-order valence-electron chi connectivity index (χ2n) is 3.42. The lowest BCUT2D eigenvalue weighted by Crippen LogP contribution is -2.16. The van der Waals surface area contributed by atoms with E-state index in [4.69, 9.17) is 4.52 Å². The van der Waals surface area contributed by atoms with Gasteiger partial charge in [0.1, 0.15) is 10.8 Å². The second kappa shape index (κ2) is 7.10. The van der Waals surface area contributed by atoms with Crippen LogP contribution in [0.25, 0.3) is 0 Å². The number of aryl methyl sites for hydroxylation is 1. The van der Waals surface area contributed by atoms with Crippen LogP contribution in [0.15, 0.2) is 20.6 Å². The van der Waals surface area contributed by atoms with Gasteiger partial charge in [0.2, 0.25) is 0 Å². The molecule has 4 nitrogen and oxygen atoms in total. The summed E-state index contributed by atoms with van der Waals surface area (Å²) in [6.45, 7) is 3.59. The largest absolute Gasteiger partial charge is 0.361 e.